The van der Waals surface area contributed by atoms with Crippen molar-refractivity contribution in [3.63, 3.8) is 0 Å². The third-order valence-electron chi connectivity index (χ3n) is 1.78. The minimum atomic E-state index is -0.824. The Hall–Kier alpha value is -0.970. The molecule has 0 saturated heterocycles. The topological polar surface area (TPSA) is 66.0 Å². The zero-order chi connectivity index (χ0) is 10.7. The Bertz CT molecular complexity index is 334. The lowest BCUT2D eigenvalue weighted by Crippen LogP contribution is -1.97. The van der Waals surface area contributed by atoms with Crippen molar-refractivity contribution < 1.29 is 9.90 Å². The number of hydrogen-bond donors (Lipinski definition) is 2. The predicted octanol–water partition coefficient (Wildman–Crippen LogP) is 2.02. The van der Waals surface area contributed by atoms with Crippen molar-refractivity contribution in [2.45, 2.75) is 31.8 Å². The molecule has 0 fully saturated rings. The maximum absolute atomic E-state index is 10.3. The quantitative estimate of drug-likeness (QED) is 0.752. The Morgan fingerprint density at radius 3 is 2.71 bits per heavy atom. The summed E-state index contributed by atoms with van der Waals surface area (Å²) in [5.74, 6) is -0.412. The van der Waals surface area contributed by atoms with Gasteiger partial charge >= 0.3 is 5.97 Å². The predicted molar refractivity (Wildman–Crippen MR) is 55.8 cm³/mol. The summed E-state index contributed by atoms with van der Waals surface area (Å²) in [4.78, 5) is 17.7. The van der Waals surface area contributed by atoms with Gasteiger partial charge in [0.15, 0.2) is 5.16 Å². The fourth-order valence-corrected chi connectivity index (χ4v) is 1.85. The SMILES string of the molecule is Cc1[nH]c(SCC(=O)O)nc1C(C)C. The number of carboxylic acid groups (broad SMARTS) is 1. The molecule has 0 spiro atoms. The van der Waals surface area contributed by atoms with Crippen LogP contribution in [0.5, 0.6) is 0 Å². The molecule has 1 aromatic heterocycles. The van der Waals surface area contributed by atoms with Gasteiger partial charge in [0.1, 0.15) is 0 Å². The van der Waals surface area contributed by atoms with Crippen molar-refractivity contribution in [1.82, 2.24) is 9.97 Å². The molecule has 0 aliphatic heterocycles. The molecule has 1 heterocycles. The number of aromatic amines is 1. The summed E-state index contributed by atoms with van der Waals surface area (Å²) in [6.07, 6.45) is 0. The van der Waals surface area contributed by atoms with Crippen LogP contribution in [-0.2, 0) is 4.79 Å². The van der Waals surface area contributed by atoms with Crippen molar-refractivity contribution in [1.29, 1.82) is 0 Å². The van der Waals surface area contributed by atoms with E-state index < -0.39 is 5.97 Å². The molecular formula is C9H14N2O2S. The van der Waals surface area contributed by atoms with Gasteiger partial charge in [0.2, 0.25) is 0 Å². The Balaban J connectivity index is 2.71. The van der Waals surface area contributed by atoms with Gasteiger partial charge in [0.25, 0.3) is 0 Å². The molecule has 0 bridgehead atoms. The van der Waals surface area contributed by atoms with Crippen LogP contribution in [0.4, 0.5) is 0 Å². The van der Waals surface area contributed by atoms with Gasteiger partial charge < -0.3 is 10.1 Å². The van der Waals surface area contributed by atoms with Crippen molar-refractivity contribution >= 4 is 17.7 Å². The normalized spacial score (nSPS) is 10.9. The van der Waals surface area contributed by atoms with E-state index in [1.807, 2.05) is 6.92 Å². The van der Waals surface area contributed by atoms with E-state index in [2.05, 4.69) is 23.8 Å². The highest BCUT2D eigenvalue weighted by Gasteiger charge is 2.10. The number of H-pyrrole nitrogens is 1. The molecular weight excluding hydrogens is 200 g/mol. The third kappa shape index (κ3) is 2.77. The first-order valence-electron chi connectivity index (χ1n) is 4.41. The monoisotopic (exact) mass is 214 g/mol. The molecule has 4 nitrogen and oxygen atoms in total. The lowest BCUT2D eigenvalue weighted by molar-refractivity contribution is -0.133. The van der Waals surface area contributed by atoms with Crippen molar-refractivity contribution in [3.8, 4) is 0 Å². The molecule has 5 heteroatoms. The molecule has 0 amide bonds. The van der Waals surface area contributed by atoms with E-state index in [1.165, 1.54) is 11.8 Å². The highest BCUT2D eigenvalue weighted by Crippen LogP contribution is 2.21. The van der Waals surface area contributed by atoms with Gasteiger partial charge in [-0.15, -0.1) is 0 Å². The summed E-state index contributed by atoms with van der Waals surface area (Å²) < 4.78 is 0. The number of thioether (sulfide) groups is 1. The summed E-state index contributed by atoms with van der Waals surface area (Å²) in [6, 6.07) is 0. The van der Waals surface area contributed by atoms with Gasteiger partial charge in [-0.05, 0) is 12.8 Å². The first-order valence-corrected chi connectivity index (χ1v) is 5.40. The zero-order valence-corrected chi connectivity index (χ0v) is 9.31. The maximum atomic E-state index is 10.3. The van der Waals surface area contributed by atoms with Gasteiger partial charge in [-0.25, -0.2) is 4.98 Å². The molecule has 0 radical (unpaired) electrons. The average Bonchev–Trinajstić information content (AvgIpc) is 2.43. The summed E-state index contributed by atoms with van der Waals surface area (Å²) in [5, 5.41) is 9.19. The number of nitrogens with zero attached hydrogens (tertiary/aromatic N) is 1. The third-order valence-corrected chi connectivity index (χ3v) is 2.64. The molecule has 78 valence electrons. The molecule has 0 unspecified atom stereocenters. The van der Waals surface area contributed by atoms with Gasteiger partial charge in [-0.2, -0.15) is 0 Å². The summed E-state index contributed by atoms with van der Waals surface area (Å²) in [6.45, 7) is 6.08. The number of imidazole rings is 1. The highest BCUT2D eigenvalue weighted by molar-refractivity contribution is 7.99. The summed E-state index contributed by atoms with van der Waals surface area (Å²) in [5.41, 5.74) is 2.03. The average molecular weight is 214 g/mol. The lowest BCUT2D eigenvalue weighted by Gasteiger charge is -1.99. The van der Waals surface area contributed by atoms with E-state index in [9.17, 15) is 4.79 Å². The van der Waals surface area contributed by atoms with E-state index in [4.69, 9.17) is 5.11 Å². The number of hydrogen-bond acceptors (Lipinski definition) is 3. The van der Waals surface area contributed by atoms with Gasteiger partial charge in [0, 0.05) is 5.69 Å². The molecule has 1 rings (SSSR count). The van der Waals surface area contributed by atoms with E-state index >= 15 is 0 Å². The van der Waals surface area contributed by atoms with Crippen LogP contribution in [0.3, 0.4) is 0 Å². The van der Waals surface area contributed by atoms with E-state index in [1.54, 1.807) is 0 Å². The molecule has 0 aliphatic carbocycles. The van der Waals surface area contributed by atoms with Gasteiger partial charge in [0.05, 0.1) is 11.4 Å². The van der Waals surface area contributed by atoms with E-state index in [0.717, 1.165) is 11.4 Å². The standard InChI is InChI=1S/C9H14N2O2S/c1-5(2)8-6(3)10-9(11-8)14-4-7(12)13/h5H,4H2,1-3H3,(H,10,11)(H,12,13). The number of aromatic nitrogens is 2. The number of aryl methyl sites for hydroxylation is 1. The number of carbonyl (C=O) groups is 1. The molecule has 1 aromatic rings. The van der Waals surface area contributed by atoms with Crippen molar-refractivity contribution in [3.05, 3.63) is 11.4 Å². The number of nitrogens with one attached hydrogen (secondary N) is 1. The lowest BCUT2D eigenvalue weighted by atomic mass is 10.1. The number of aliphatic carboxylic acids is 1. The molecule has 0 aliphatic rings. The van der Waals surface area contributed by atoms with Crippen LogP contribution in [0.15, 0.2) is 5.16 Å². The van der Waals surface area contributed by atoms with Gasteiger partial charge in [-0.1, -0.05) is 25.6 Å². The second kappa shape index (κ2) is 4.50. The minimum absolute atomic E-state index is 0.0461. The molecule has 14 heavy (non-hydrogen) atoms. The first-order chi connectivity index (χ1) is 6.50. The van der Waals surface area contributed by atoms with Crippen LogP contribution in [0.2, 0.25) is 0 Å². The van der Waals surface area contributed by atoms with Crippen LogP contribution in [0, 0.1) is 6.92 Å². The fraction of sp³-hybridized carbons (Fsp3) is 0.556. The Labute approximate surface area is 87.1 Å². The van der Waals surface area contributed by atoms with E-state index in [-0.39, 0.29) is 5.75 Å². The van der Waals surface area contributed by atoms with Crippen LogP contribution in [-0.4, -0.2) is 26.8 Å². The Kier molecular flexibility index (Phi) is 3.57. The molecule has 0 saturated carbocycles. The largest absolute Gasteiger partial charge is 0.481 e. The van der Waals surface area contributed by atoms with Crippen LogP contribution < -0.4 is 0 Å². The Morgan fingerprint density at radius 2 is 2.29 bits per heavy atom. The van der Waals surface area contributed by atoms with Gasteiger partial charge in [-0.3, -0.25) is 4.79 Å². The molecule has 0 atom stereocenters. The highest BCUT2D eigenvalue weighted by atomic mass is 32.2. The minimum Gasteiger partial charge on any atom is -0.481 e. The van der Waals surface area contributed by atoms with E-state index in [0.29, 0.717) is 11.1 Å². The smallest absolute Gasteiger partial charge is 0.313 e. The maximum Gasteiger partial charge on any atom is 0.313 e. The first kappa shape index (κ1) is 11.1. The van der Waals surface area contributed by atoms with Crippen LogP contribution in [0.1, 0.15) is 31.2 Å². The Morgan fingerprint density at radius 1 is 1.64 bits per heavy atom. The second-order valence-corrected chi connectivity index (χ2v) is 4.35. The number of rotatable bonds is 4. The second-order valence-electron chi connectivity index (χ2n) is 3.39. The fourth-order valence-electron chi connectivity index (χ4n) is 1.21. The zero-order valence-electron chi connectivity index (χ0n) is 8.50. The van der Waals surface area contributed by atoms with Crippen LogP contribution in [0.25, 0.3) is 0 Å². The van der Waals surface area contributed by atoms with Crippen molar-refractivity contribution in [2.24, 2.45) is 0 Å². The molecule has 0 aromatic carbocycles. The summed E-state index contributed by atoms with van der Waals surface area (Å²) >= 11 is 1.21. The number of carboxylic acids is 1. The van der Waals surface area contributed by atoms with Crippen molar-refractivity contribution in [2.75, 3.05) is 5.75 Å². The summed E-state index contributed by atoms with van der Waals surface area (Å²) in [7, 11) is 0. The van der Waals surface area contributed by atoms with Crippen LogP contribution >= 0.6 is 11.8 Å². The molecule has 2 N–H and O–H groups in total.